The highest BCUT2D eigenvalue weighted by molar-refractivity contribution is 6.33. The van der Waals surface area contributed by atoms with Gasteiger partial charge in [0, 0.05) is 43.1 Å². The van der Waals surface area contributed by atoms with E-state index in [1.807, 2.05) is 40.7 Å². The molecule has 0 radical (unpaired) electrons. The number of benzene rings is 2. The molecular formula is C24H32ClN4O2-. The van der Waals surface area contributed by atoms with Crippen LogP contribution in [0.15, 0.2) is 48.5 Å². The summed E-state index contributed by atoms with van der Waals surface area (Å²) >= 11 is 6.00. The second-order valence-electron chi connectivity index (χ2n) is 8.25. The molecule has 0 saturated carbocycles. The summed E-state index contributed by atoms with van der Waals surface area (Å²) in [4.78, 5) is 17.7. The van der Waals surface area contributed by atoms with Crippen LogP contribution >= 0.6 is 11.6 Å². The molecule has 1 fully saturated rings. The summed E-state index contributed by atoms with van der Waals surface area (Å²) in [5.41, 5.74) is 3.69. The van der Waals surface area contributed by atoms with Gasteiger partial charge in [-0.25, -0.2) is 4.79 Å². The first-order valence-electron chi connectivity index (χ1n) is 11.0. The molecule has 7 heteroatoms. The molecule has 168 valence electrons. The molecule has 2 aromatic carbocycles. The van der Waals surface area contributed by atoms with E-state index in [4.69, 9.17) is 11.6 Å². The number of halogens is 1. The molecule has 0 aliphatic carbocycles. The molecule has 1 aliphatic heterocycles. The van der Waals surface area contributed by atoms with Crippen LogP contribution in [-0.2, 0) is 6.54 Å². The molecule has 3 rings (SSSR count). The van der Waals surface area contributed by atoms with Crippen molar-refractivity contribution in [3.8, 4) is 0 Å². The fourth-order valence-corrected chi connectivity index (χ4v) is 4.42. The summed E-state index contributed by atoms with van der Waals surface area (Å²) in [6.45, 7) is 7.05. The molecule has 31 heavy (non-hydrogen) atoms. The van der Waals surface area contributed by atoms with Crippen LogP contribution in [0, 0.1) is 5.21 Å². The third-order valence-electron chi connectivity index (χ3n) is 6.05. The van der Waals surface area contributed by atoms with Crippen LogP contribution in [0.4, 0.5) is 16.2 Å². The van der Waals surface area contributed by atoms with Crippen LogP contribution in [0.1, 0.15) is 45.1 Å². The van der Waals surface area contributed by atoms with Gasteiger partial charge < -0.3 is 25.8 Å². The Kier molecular flexibility index (Phi) is 8.58. The van der Waals surface area contributed by atoms with Gasteiger partial charge in [-0.2, -0.15) is 0 Å². The molecule has 1 saturated heterocycles. The lowest BCUT2D eigenvalue weighted by Gasteiger charge is -2.40. The SMILES string of the molecule is CCCC(C)N1CCC(N(Cc2ccccc2)C(=O)Nc2ccc(Cl)c(N[O-])c2)CC1. The lowest BCUT2D eigenvalue weighted by Crippen LogP contribution is -2.50. The van der Waals surface area contributed by atoms with Gasteiger partial charge in [0.1, 0.15) is 0 Å². The molecule has 0 spiro atoms. The molecule has 1 heterocycles. The molecule has 1 unspecified atom stereocenters. The van der Waals surface area contributed by atoms with Gasteiger partial charge >= 0.3 is 6.03 Å². The number of rotatable bonds is 8. The Bertz CT molecular complexity index is 841. The smallest absolute Gasteiger partial charge is 0.322 e. The highest BCUT2D eigenvalue weighted by Gasteiger charge is 2.29. The van der Waals surface area contributed by atoms with Gasteiger partial charge in [-0.1, -0.05) is 55.3 Å². The topological polar surface area (TPSA) is 70.7 Å². The predicted molar refractivity (Wildman–Crippen MR) is 128 cm³/mol. The summed E-state index contributed by atoms with van der Waals surface area (Å²) < 4.78 is 0. The van der Waals surface area contributed by atoms with Gasteiger partial charge in [-0.15, -0.1) is 0 Å². The van der Waals surface area contributed by atoms with Crippen molar-refractivity contribution in [3.63, 3.8) is 0 Å². The Morgan fingerprint density at radius 2 is 1.94 bits per heavy atom. The highest BCUT2D eigenvalue weighted by atomic mass is 35.5. The quantitative estimate of drug-likeness (QED) is 0.495. The first-order valence-corrected chi connectivity index (χ1v) is 11.4. The van der Waals surface area contributed by atoms with Gasteiger partial charge in [0.25, 0.3) is 0 Å². The number of amides is 2. The lowest BCUT2D eigenvalue weighted by molar-refractivity contribution is 0.0989. The summed E-state index contributed by atoms with van der Waals surface area (Å²) in [7, 11) is 0. The number of nitrogens with zero attached hydrogens (tertiary/aromatic N) is 2. The average molecular weight is 444 g/mol. The Hall–Kier alpha value is -2.28. The van der Waals surface area contributed by atoms with Crippen LogP contribution in [0.25, 0.3) is 0 Å². The number of urea groups is 1. The van der Waals surface area contributed by atoms with E-state index in [1.165, 1.54) is 12.8 Å². The van der Waals surface area contributed by atoms with Crippen LogP contribution in [0.2, 0.25) is 5.02 Å². The normalized spacial score (nSPS) is 16.0. The molecule has 2 N–H and O–H groups in total. The Balaban J connectivity index is 1.73. The summed E-state index contributed by atoms with van der Waals surface area (Å²) in [5, 5.41) is 14.4. The first-order chi connectivity index (χ1) is 15.0. The molecule has 2 aromatic rings. The van der Waals surface area contributed by atoms with Crippen molar-refractivity contribution in [3.05, 3.63) is 64.3 Å². The molecule has 0 bridgehead atoms. The third-order valence-corrected chi connectivity index (χ3v) is 6.38. The molecule has 2 amide bonds. The van der Waals surface area contributed by atoms with E-state index in [0.29, 0.717) is 23.3 Å². The highest BCUT2D eigenvalue weighted by Crippen LogP contribution is 2.27. The number of hydrogen-bond acceptors (Lipinski definition) is 4. The maximum atomic E-state index is 13.3. The molecule has 6 nitrogen and oxygen atoms in total. The van der Waals surface area contributed by atoms with Crippen LogP contribution in [-0.4, -0.2) is 41.0 Å². The Morgan fingerprint density at radius 3 is 2.58 bits per heavy atom. The predicted octanol–water partition coefficient (Wildman–Crippen LogP) is 5.94. The largest absolute Gasteiger partial charge is 0.761 e. The molecule has 1 aliphatic rings. The van der Waals surface area contributed by atoms with Crippen molar-refractivity contribution < 1.29 is 4.79 Å². The van der Waals surface area contributed by atoms with E-state index in [-0.39, 0.29) is 17.8 Å². The van der Waals surface area contributed by atoms with Gasteiger partial charge in [-0.05, 0) is 49.9 Å². The number of anilines is 2. The fourth-order valence-electron chi connectivity index (χ4n) is 4.26. The van der Waals surface area contributed by atoms with Crippen LogP contribution in [0.3, 0.4) is 0 Å². The van der Waals surface area contributed by atoms with E-state index in [2.05, 4.69) is 24.1 Å². The Morgan fingerprint density at radius 1 is 1.23 bits per heavy atom. The van der Waals surface area contributed by atoms with Crippen molar-refractivity contribution in [1.29, 1.82) is 0 Å². The first kappa shape index (κ1) is 23.4. The van der Waals surface area contributed by atoms with Gasteiger partial charge in [-0.3, -0.25) is 0 Å². The average Bonchev–Trinajstić information content (AvgIpc) is 2.79. The number of piperidine rings is 1. The van der Waals surface area contributed by atoms with Gasteiger partial charge in [0.05, 0.1) is 5.02 Å². The molecule has 0 aromatic heterocycles. The number of hydrogen-bond donors (Lipinski definition) is 2. The standard InChI is InChI=1S/C24H32ClN4O2/c1-3-7-18(2)28-14-12-21(13-15-28)29(17-19-8-5-4-6-9-19)24(30)26-20-10-11-22(25)23(16-20)27-31/h4-6,8-11,16,18,21,27H,3,7,12-15,17H2,1-2H3,(H,26,30)/q-1. The van der Waals surface area contributed by atoms with E-state index >= 15 is 0 Å². The number of likely N-dealkylation sites (tertiary alicyclic amines) is 1. The minimum atomic E-state index is -0.164. The number of nitrogens with one attached hydrogen (secondary N) is 2. The molecular weight excluding hydrogens is 412 g/mol. The third kappa shape index (κ3) is 6.35. The molecule has 1 atom stereocenters. The van der Waals surface area contributed by atoms with E-state index in [1.54, 1.807) is 18.2 Å². The van der Waals surface area contributed by atoms with Gasteiger partial charge in [0.15, 0.2) is 0 Å². The van der Waals surface area contributed by atoms with E-state index in [0.717, 1.165) is 31.5 Å². The monoisotopic (exact) mass is 443 g/mol. The van der Waals surface area contributed by atoms with Crippen molar-refractivity contribution in [2.75, 3.05) is 23.9 Å². The van der Waals surface area contributed by atoms with Crippen LogP contribution < -0.4 is 10.8 Å². The van der Waals surface area contributed by atoms with E-state index in [9.17, 15) is 10.0 Å². The zero-order chi connectivity index (χ0) is 22.2. The van der Waals surface area contributed by atoms with Crippen molar-refractivity contribution >= 4 is 29.0 Å². The zero-order valence-corrected chi connectivity index (χ0v) is 19.1. The summed E-state index contributed by atoms with van der Waals surface area (Å²) in [6.07, 6.45) is 4.28. The Labute approximate surface area is 190 Å². The minimum absolute atomic E-state index is 0.162. The summed E-state index contributed by atoms with van der Waals surface area (Å²) in [6, 6.07) is 15.5. The van der Waals surface area contributed by atoms with Crippen molar-refractivity contribution in [2.24, 2.45) is 0 Å². The maximum absolute atomic E-state index is 13.3. The number of carbonyl (C=O) groups is 1. The number of carbonyl (C=O) groups excluding carboxylic acids is 1. The second kappa shape index (κ2) is 11.4. The van der Waals surface area contributed by atoms with Crippen LogP contribution in [0.5, 0.6) is 0 Å². The zero-order valence-electron chi connectivity index (χ0n) is 18.3. The minimum Gasteiger partial charge on any atom is -0.761 e. The maximum Gasteiger partial charge on any atom is 0.322 e. The summed E-state index contributed by atoms with van der Waals surface area (Å²) in [5.74, 6) is 0. The van der Waals surface area contributed by atoms with Gasteiger partial charge in [0.2, 0.25) is 0 Å². The van der Waals surface area contributed by atoms with Crippen molar-refractivity contribution in [2.45, 2.75) is 58.2 Å². The fraction of sp³-hybridized carbons (Fsp3) is 0.458. The van der Waals surface area contributed by atoms with E-state index < -0.39 is 0 Å². The van der Waals surface area contributed by atoms with Crippen molar-refractivity contribution in [1.82, 2.24) is 9.80 Å². The second-order valence-corrected chi connectivity index (χ2v) is 8.65. The lowest BCUT2D eigenvalue weighted by atomic mass is 10.00.